The molecule has 0 unspecified atom stereocenters. The van der Waals surface area contributed by atoms with Crippen molar-refractivity contribution in [1.29, 1.82) is 0 Å². The molecule has 7 heteroatoms. The molecule has 0 saturated heterocycles. The van der Waals surface area contributed by atoms with Gasteiger partial charge in [-0.15, -0.1) is 0 Å². The summed E-state index contributed by atoms with van der Waals surface area (Å²) in [6.07, 6.45) is 2.96. The summed E-state index contributed by atoms with van der Waals surface area (Å²) < 4.78 is 11.9. The molecule has 23 heavy (non-hydrogen) atoms. The Labute approximate surface area is 133 Å². The molecule has 1 N–H and O–H groups in total. The second-order valence-corrected chi connectivity index (χ2v) is 4.87. The zero-order chi connectivity index (χ0) is 16.8. The molecule has 1 amide bonds. The van der Waals surface area contributed by atoms with Crippen molar-refractivity contribution >= 4 is 5.91 Å². The summed E-state index contributed by atoms with van der Waals surface area (Å²) in [7, 11) is 2.98. The molecule has 2 aromatic rings. The van der Waals surface area contributed by atoms with Gasteiger partial charge < -0.3 is 14.8 Å². The van der Waals surface area contributed by atoms with Gasteiger partial charge in [-0.05, 0) is 19.1 Å². The first-order valence-electron chi connectivity index (χ1n) is 7.08. The number of methoxy groups -OCH3 is 2. The SMILES string of the molecule is COc1cccc(OC)c1C(=O)NCCn1cncc(C)c1=O. The molecule has 0 bridgehead atoms. The van der Waals surface area contributed by atoms with Gasteiger partial charge in [-0.2, -0.15) is 0 Å². The summed E-state index contributed by atoms with van der Waals surface area (Å²) in [5.74, 6) is 0.528. The van der Waals surface area contributed by atoms with E-state index in [-0.39, 0.29) is 18.0 Å². The van der Waals surface area contributed by atoms with Gasteiger partial charge >= 0.3 is 0 Å². The molecule has 122 valence electrons. The standard InChI is InChI=1S/C16H19N3O4/c1-11-9-17-10-19(16(11)21)8-7-18-15(20)14-12(22-2)5-4-6-13(14)23-3/h4-6,9-10H,7-8H2,1-3H3,(H,18,20). The first-order valence-corrected chi connectivity index (χ1v) is 7.08. The Morgan fingerprint density at radius 3 is 2.52 bits per heavy atom. The Morgan fingerprint density at radius 2 is 1.91 bits per heavy atom. The Bertz CT molecular complexity index is 733. The van der Waals surface area contributed by atoms with E-state index in [1.54, 1.807) is 25.1 Å². The molecule has 0 fully saturated rings. The van der Waals surface area contributed by atoms with Crippen LogP contribution in [0.3, 0.4) is 0 Å². The van der Waals surface area contributed by atoms with E-state index in [1.807, 2.05) is 0 Å². The van der Waals surface area contributed by atoms with Crippen LogP contribution in [-0.4, -0.2) is 36.2 Å². The highest BCUT2D eigenvalue weighted by molar-refractivity contribution is 5.99. The summed E-state index contributed by atoms with van der Waals surface area (Å²) in [5.41, 5.74) is 0.765. The van der Waals surface area contributed by atoms with Crippen LogP contribution >= 0.6 is 0 Å². The van der Waals surface area contributed by atoms with Crippen molar-refractivity contribution in [2.45, 2.75) is 13.5 Å². The highest BCUT2D eigenvalue weighted by Crippen LogP contribution is 2.27. The molecule has 0 spiro atoms. The third-order valence-corrected chi connectivity index (χ3v) is 3.37. The van der Waals surface area contributed by atoms with Gasteiger partial charge in [0.1, 0.15) is 17.1 Å². The van der Waals surface area contributed by atoms with E-state index in [0.717, 1.165) is 0 Å². The predicted octanol–water partition coefficient (Wildman–Crippen LogP) is 0.999. The number of carbonyl (C=O) groups excluding carboxylic acids is 1. The molecule has 0 aliphatic rings. The molecule has 1 aromatic carbocycles. The van der Waals surface area contributed by atoms with E-state index in [1.165, 1.54) is 31.3 Å². The molecule has 0 atom stereocenters. The van der Waals surface area contributed by atoms with Crippen LogP contribution in [0, 0.1) is 6.92 Å². The molecular formula is C16H19N3O4. The summed E-state index contributed by atoms with van der Waals surface area (Å²) in [6, 6.07) is 5.12. The maximum absolute atomic E-state index is 12.4. The van der Waals surface area contributed by atoms with Crippen molar-refractivity contribution in [2.75, 3.05) is 20.8 Å². The van der Waals surface area contributed by atoms with E-state index in [0.29, 0.717) is 29.2 Å². The van der Waals surface area contributed by atoms with Gasteiger partial charge in [0, 0.05) is 24.8 Å². The van der Waals surface area contributed by atoms with Crippen molar-refractivity contribution in [3.63, 3.8) is 0 Å². The molecule has 0 saturated carbocycles. The maximum atomic E-state index is 12.4. The molecule has 1 aromatic heterocycles. The van der Waals surface area contributed by atoms with Gasteiger partial charge in [-0.3, -0.25) is 14.2 Å². The van der Waals surface area contributed by atoms with Gasteiger partial charge in [0.2, 0.25) is 0 Å². The van der Waals surface area contributed by atoms with Crippen LogP contribution in [0.4, 0.5) is 0 Å². The first kappa shape index (κ1) is 16.5. The van der Waals surface area contributed by atoms with E-state index >= 15 is 0 Å². The van der Waals surface area contributed by atoms with Crippen molar-refractivity contribution in [3.05, 3.63) is 52.2 Å². The van der Waals surface area contributed by atoms with Crippen molar-refractivity contribution in [3.8, 4) is 11.5 Å². The molecule has 0 aliphatic heterocycles. The minimum absolute atomic E-state index is 0.121. The number of benzene rings is 1. The van der Waals surface area contributed by atoms with Crippen LogP contribution in [0.25, 0.3) is 0 Å². The number of amides is 1. The Balaban J connectivity index is 2.09. The molecule has 2 rings (SSSR count). The molecule has 1 heterocycles. The Morgan fingerprint density at radius 1 is 1.26 bits per heavy atom. The number of ether oxygens (including phenoxy) is 2. The van der Waals surface area contributed by atoms with E-state index in [2.05, 4.69) is 10.3 Å². The average Bonchev–Trinajstić information content (AvgIpc) is 2.57. The minimum atomic E-state index is -0.326. The van der Waals surface area contributed by atoms with Crippen LogP contribution in [0.15, 0.2) is 35.5 Å². The number of nitrogens with one attached hydrogen (secondary N) is 1. The third kappa shape index (κ3) is 3.68. The fourth-order valence-corrected chi connectivity index (χ4v) is 2.17. The van der Waals surface area contributed by atoms with E-state index < -0.39 is 0 Å². The number of carbonyl (C=O) groups is 1. The second kappa shape index (κ2) is 7.44. The van der Waals surface area contributed by atoms with Gasteiger partial charge in [-0.1, -0.05) is 6.07 Å². The normalized spacial score (nSPS) is 10.2. The van der Waals surface area contributed by atoms with Gasteiger partial charge in [0.25, 0.3) is 11.5 Å². The van der Waals surface area contributed by atoms with Crippen LogP contribution in [0.5, 0.6) is 11.5 Å². The quantitative estimate of drug-likeness (QED) is 0.859. The van der Waals surface area contributed by atoms with Gasteiger partial charge in [0.15, 0.2) is 0 Å². The van der Waals surface area contributed by atoms with Crippen LogP contribution in [0.1, 0.15) is 15.9 Å². The largest absolute Gasteiger partial charge is 0.496 e. The lowest BCUT2D eigenvalue weighted by atomic mass is 10.1. The Hall–Kier alpha value is -2.83. The Kier molecular flexibility index (Phi) is 5.35. The van der Waals surface area contributed by atoms with Crippen molar-refractivity contribution in [1.82, 2.24) is 14.9 Å². The number of rotatable bonds is 6. The average molecular weight is 317 g/mol. The van der Waals surface area contributed by atoms with Gasteiger partial charge in [-0.25, -0.2) is 4.98 Å². The van der Waals surface area contributed by atoms with Crippen LogP contribution < -0.4 is 20.3 Å². The zero-order valence-electron chi connectivity index (χ0n) is 13.3. The number of nitrogens with zero attached hydrogens (tertiary/aromatic N) is 2. The van der Waals surface area contributed by atoms with E-state index in [9.17, 15) is 9.59 Å². The van der Waals surface area contributed by atoms with Gasteiger partial charge in [0.05, 0.1) is 20.5 Å². The summed E-state index contributed by atoms with van der Waals surface area (Å²) in [5, 5.41) is 2.76. The smallest absolute Gasteiger partial charge is 0.258 e. The topological polar surface area (TPSA) is 82.4 Å². The third-order valence-electron chi connectivity index (χ3n) is 3.37. The monoisotopic (exact) mass is 317 g/mol. The number of aryl methyl sites for hydroxylation is 1. The van der Waals surface area contributed by atoms with Crippen LogP contribution in [0.2, 0.25) is 0 Å². The van der Waals surface area contributed by atoms with E-state index in [4.69, 9.17) is 9.47 Å². The number of hydrogen-bond donors (Lipinski definition) is 1. The zero-order valence-corrected chi connectivity index (χ0v) is 13.3. The van der Waals surface area contributed by atoms with Crippen molar-refractivity contribution in [2.24, 2.45) is 0 Å². The lowest BCUT2D eigenvalue weighted by molar-refractivity contribution is 0.0946. The molecule has 0 aliphatic carbocycles. The van der Waals surface area contributed by atoms with Crippen molar-refractivity contribution < 1.29 is 14.3 Å². The lowest BCUT2D eigenvalue weighted by Gasteiger charge is -2.13. The summed E-state index contributed by atoms with van der Waals surface area (Å²) in [6.45, 7) is 2.31. The molecule has 0 radical (unpaired) electrons. The lowest BCUT2D eigenvalue weighted by Crippen LogP contribution is -2.31. The van der Waals surface area contributed by atoms with Crippen LogP contribution in [-0.2, 0) is 6.54 Å². The highest BCUT2D eigenvalue weighted by Gasteiger charge is 2.17. The minimum Gasteiger partial charge on any atom is -0.496 e. The molecule has 7 nitrogen and oxygen atoms in total. The second-order valence-electron chi connectivity index (χ2n) is 4.87. The number of aromatic nitrogens is 2. The predicted molar refractivity (Wildman–Crippen MR) is 85.1 cm³/mol. The first-order chi connectivity index (χ1) is 11.1. The number of hydrogen-bond acceptors (Lipinski definition) is 5. The fraction of sp³-hybridized carbons (Fsp3) is 0.312. The highest BCUT2D eigenvalue weighted by atomic mass is 16.5. The molecular weight excluding hydrogens is 298 g/mol. The fourth-order valence-electron chi connectivity index (χ4n) is 2.17. The maximum Gasteiger partial charge on any atom is 0.258 e. The summed E-state index contributed by atoms with van der Waals surface area (Å²) >= 11 is 0. The summed E-state index contributed by atoms with van der Waals surface area (Å²) in [4.78, 5) is 28.2.